The summed E-state index contributed by atoms with van der Waals surface area (Å²) in [6.45, 7) is 1.70. The second-order valence-corrected chi connectivity index (χ2v) is 5.85. The molecule has 0 heterocycles. The number of aliphatic hydroxyl groups excluding tert-OH is 1. The normalized spacial score (nSPS) is 23.0. The van der Waals surface area contributed by atoms with Gasteiger partial charge >= 0.3 is 0 Å². The van der Waals surface area contributed by atoms with Gasteiger partial charge in [-0.1, -0.05) is 18.0 Å². The third kappa shape index (κ3) is 3.85. The zero-order chi connectivity index (χ0) is 13.8. The molecule has 0 aliphatic heterocycles. The molecule has 2 unspecified atom stereocenters. The van der Waals surface area contributed by atoms with Crippen molar-refractivity contribution in [3.05, 3.63) is 28.8 Å². The summed E-state index contributed by atoms with van der Waals surface area (Å²) in [4.78, 5) is 2.23. The number of rotatable bonds is 5. The van der Waals surface area contributed by atoms with E-state index in [-0.39, 0.29) is 6.10 Å². The maximum atomic E-state index is 9.88. The number of hydrogen-bond acceptors (Lipinski definition) is 3. The SMILES string of the molecule is COc1ccc(Cl)cc1CN(C)CC1CCCC1O. The van der Waals surface area contributed by atoms with Crippen LogP contribution in [-0.4, -0.2) is 36.8 Å². The lowest BCUT2D eigenvalue weighted by atomic mass is 10.1. The van der Waals surface area contributed by atoms with E-state index in [1.807, 2.05) is 18.2 Å². The smallest absolute Gasteiger partial charge is 0.123 e. The maximum Gasteiger partial charge on any atom is 0.123 e. The Labute approximate surface area is 120 Å². The minimum atomic E-state index is -0.135. The van der Waals surface area contributed by atoms with E-state index in [2.05, 4.69) is 11.9 Å². The van der Waals surface area contributed by atoms with E-state index in [1.165, 1.54) is 0 Å². The van der Waals surface area contributed by atoms with Gasteiger partial charge in [-0.2, -0.15) is 0 Å². The van der Waals surface area contributed by atoms with Gasteiger partial charge in [0.15, 0.2) is 0 Å². The van der Waals surface area contributed by atoms with Gasteiger partial charge in [-0.25, -0.2) is 0 Å². The Morgan fingerprint density at radius 2 is 2.21 bits per heavy atom. The van der Waals surface area contributed by atoms with Crippen molar-refractivity contribution in [3.63, 3.8) is 0 Å². The molecule has 0 radical (unpaired) electrons. The molecule has 0 amide bonds. The zero-order valence-corrected chi connectivity index (χ0v) is 12.4. The average molecular weight is 284 g/mol. The van der Waals surface area contributed by atoms with E-state index in [1.54, 1.807) is 7.11 Å². The van der Waals surface area contributed by atoms with Gasteiger partial charge in [0.05, 0.1) is 13.2 Å². The fourth-order valence-corrected chi connectivity index (χ4v) is 3.05. The molecule has 1 fully saturated rings. The van der Waals surface area contributed by atoms with Crippen LogP contribution >= 0.6 is 11.6 Å². The highest BCUT2D eigenvalue weighted by Crippen LogP contribution is 2.28. The van der Waals surface area contributed by atoms with Gasteiger partial charge in [0, 0.05) is 23.7 Å². The third-order valence-corrected chi connectivity index (χ3v) is 4.08. The first-order valence-electron chi connectivity index (χ1n) is 6.79. The van der Waals surface area contributed by atoms with Gasteiger partial charge in [0.2, 0.25) is 0 Å². The van der Waals surface area contributed by atoms with Crippen LogP contribution in [0.25, 0.3) is 0 Å². The Morgan fingerprint density at radius 3 is 2.84 bits per heavy atom. The lowest BCUT2D eigenvalue weighted by Crippen LogP contribution is -2.29. The largest absolute Gasteiger partial charge is 0.496 e. The molecule has 0 bridgehead atoms. The zero-order valence-electron chi connectivity index (χ0n) is 11.6. The Kier molecular flexibility index (Phi) is 5.08. The third-order valence-electron chi connectivity index (χ3n) is 3.85. The summed E-state index contributed by atoms with van der Waals surface area (Å²) in [6.07, 6.45) is 3.07. The van der Waals surface area contributed by atoms with Crippen LogP contribution in [0, 0.1) is 5.92 Å². The van der Waals surface area contributed by atoms with Crippen LogP contribution in [0.3, 0.4) is 0 Å². The number of halogens is 1. The molecule has 1 N–H and O–H groups in total. The van der Waals surface area contributed by atoms with Crippen LogP contribution in [0.2, 0.25) is 5.02 Å². The van der Waals surface area contributed by atoms with Crippen LogP contribution < -0.4 is 4.74 Å². The number of nitrogens with zero attached hydrogens (tertiary/aromatic N) is 1. The topological polar surface area (TPSA) is 32.7 Å². The molecular weight excluding hydrogens is 262 g/mol. The summed E-state index contributed by atoms with van der Waals surface area (Å²) in [6, 6.07) is 5.68. The predicted octanol–water partition coefficient (Wildman–Crippen LogP) is 2.94. The molecule has 19 heavy (non-hydrogen) atoms. The van der Waals surface area contributed by atoms with Gasteiger partial charge in [0.1, 0.15) is 5.75 Å². The van der Waals surface area contributed by atoms with Crippen molar-refractivity contribution < 1.29 is 9.84 Å². The second-order valence-electron chi connectivity index (χ2n) is 5.41. The molecule has 3 nitrogen and oxygen atoms in total. The van der Waals surface area contributed by atoms with Crippen LogP contribution in [0.5, 0.6) is 5.75 Å². The van der Waals surface area contributed by atoms with Crippen molar-refractivity contribution in [2.45, 2.75) is 31.9 Å². The van der Waals surface area contributed by atoms with Crippen molar-refractivity contribution in [1.82, 2.24) is 4.90 Å². The molecular formula is C15H22ClNO2. The quantitative estimate of drug-likeness (QED) is 0.902. The van der Waals surface area contributed by atoms with E-state index in [0.717, 1.165) is 48.7 Å². The summed E-state index contributed by atoms with van der Waals surface area (Å²) in [7, 11) is 3.75. The lowest BCUT2D eigenvalue weighted by molar-refractivity contribution is 0.107. The Hall–Kier alpha value is -0.770. The van der Waals surface area contributed by atoms with Crippen LogP contribution in [0.1, 0.15) is 24.8 Å². The van der Waals surface area contributed by atoms with Crippen molar-refractivity contribution in [2.75, 3.05) is 20.7 Å². The number of benzene rings is 1. The minimum Gasteiger partial charge on any atom is -0.496 e. The fraction of sp³-hybridized carbons (Fsp3) is 0.600. The van der Waals surface area contributed by atoms with Gasteiger partial charge in [-0.15, -0.1) is 0 Å². The molecule has 0 spiro atoms. The van der Waals surface area contributed by atoms with Crippen LogP contribution in [0.15, 0.2) is 18.2 Å². The van der Waals surface area contributed by atoms with E-state index >= 15 is 0 Å². The summed E-state index contributed by atoms with van der Waals surface area (Å²) >= 11 is 6.04. The monoisotopic (exact) mass is 283 g/mol. The van der Waals surface area contributed by atoms with Gasteiger partial charge in [0.25, 0.3) is 0 Å². The van der Waals surface area contributed by atoms with E-state index in [9.17, 15) is 5.11 Å². The van der Waals surface area contributed by atoms with Gasteiger partial charge < -0.3 is 14.7 Å². The molecule has 1 saturated carbocycles. The first-order chi connectivity index (χ1) is 9.10. The Balaban J connectivity index is 1.98. The van der Waals surface area contributed by atoms with E-state index < -0.39 is 0 Å². The molecule has 4 heteroatoms. The number of ether oxygens (including phenoxy) is 1. The van der Waals surface area contributed by atoms with E-state index in [4.69, 9.17) is 16.3 Å². The van der Waals surface area contributed by atoms with Gasteiger partial charge in [-0.3, -0.25) is 0 Å². The van der Waals surface area contributed by atoms with Crippen molar-refractivity contribution in [2.24, 2.45) is 5.92 Å². The standard InChI is InChI=1S/C15H22ClNO2/c1-17(9-11-4-3-5-14(11)18)10-12-8-13(16)6-7-15(12)19-2/h6-8,11,14,18H,3-5,9-10H2,1-2H3. The second kappa shape index (κ2) is 6.60. The number of hydrogen-bond donors (Lipinski definition) is 1. The van der Waals surface area contributed by atoms with Crippen LogP contribution in [0.4, 0.5) is 0 Å². The molecule has 1 aliphatic carbocycles. The van der Waals surface area contributed by atoms with Crippen molar-refractivity contribution >= 4 is 11.6 Å². The van der Waals surface area contributed by atoms with Crippen LogP contribution in [-0.2, 0) is 6.54 Å². The first-order valence-corrected chi connectivity index (χ1v) is 7.17. The predicted molar refractivity (Wildman–Crippen MR) is 77.7 cm³/mol. The summed E-state index contributed by atoms with van der Waals surface area (Å²) in [5.74, 6) is 1.26. The highest BCUT2D eigenvalue weighted by molar-refractivity contribution is 6.30. The highest BCUT2D eigenvalue weighted by atomic mass is 35.5. The fourth-order valence-electron chi connectivity index (χ4n) is 2.86. The molecule has 1 aliphatic rings. The summed E-state index contributed by atoms with van der Waals surface area (Å²) in [5.41, 5.74) is 1.09. The Morgan fingerprint density at radius 1 is 1.42 bits per heavy atom. The average Bonchev–Trinajstić information content (AvgIpc) is 2.75. The molecule has 1 aromatic carbocycles. The minimum absolute atomic E-state index is 0.135. The first kappa shape index (κ1) is 14.6. The van der Waals surface area contributed by atoms with Gasteiger partial charge in [-0.05, 0) is 44.0 Å². The molecule has 0 saturated heterocycles. The van der Waals surface area contributed by atoms with E-state index in [0.29, 0.717) is 5.92 Å². The molecule has 2 atom stereocenters. The molecule has 1 aromatic rings. The highest BCUT2D eigenvalue weighted by Gasteiger charge is 2.26. The number of methoxy groups -OCH3 is 1. The van der Waals surface area contributed by atoms with Crippen molar-refractivity contribution in [3.8, 4) is 5.75 Å². The van der Waals surface area contributed by atoms with Crippen molar-refractivity contribution in [1.29, 1.82) is 0 Å². The Bertz CT molecular complexity index is 425. The molecule has 2 rings (SSSR count). The summed E-state index contributed by atoms with van der Waals surface area (Å²) in [5, 5.41) is 10.6. The molecule has 0 aromatic heterocycles. The lowest BCUT2D eigenvalue weighted by Gasteiger charge is -2.23. The maximum absolute atomic E-state index is 9.88. The molecule has 106 valence electrons. The number of aliphatic hydroxyl groups is 1. The summed E-state index contributed by atoms with van der Waals surface area (Å²) < 4.78 is 5.36.